The molecule has 1 amide bonds. The molecule has 2 N–H and O–H groups in total. The van der Waals surface area contributed by atoms with E-state index < -0.39 is 0 Å². The van der Waals surface area contributed by atoms with Crippen molar-refractivity contribution in [3.8, 4) is 0 Å². The third kappa shape index (κ3) is 2.56. The third-order valence-corrected chi connectivity index (χ3v) is 4.59. The van der Waals surface area contributed by atoms with Crippen molar-refractivity contribution in [2.75, 3.05) is 6.61 Å². The number of hydrogen-bond donors (Lipinski definition) is 2. The highest BCUT2D eigenvalue weighted by Gasteiger charge is 2.41. The standard InChI is InChI=1S/C17H20N2O2/c20-16(19-15-7-8-21-17(15)11-5-6-11)9-12-10-18-14-4-2-1-3-13(12)14/h1-4,10-11,15,17-18H,5-9H2,(H,19,20). The van der Waals surface area contributed by atoms with Gasteiger partial charge in [0.2, 0.25) is 5.91 Å². The molecule has 1 saturated carbocycles. The van der Waals surface area contributed by atoms with Crippen LogP contribution in [0.2, 0.25) is 0 Å². The molecule has 2 atom stereocenters. The molecule has 0 spiro atoms. The molecule has 4 nitrogen and oxygen atoms in total. The van der Waals surface area contributed by atoms with Gasteiger partial charge in [-0.25, -0.2) is 0 Å². The Labute approximate surface area is 123 Å². The number of benzene rings is 1. The fraction of sp³-hybridized carbons (Fsp3) is 0.471. The zero-order chi connectivity index (χ0) is 14.2. The molecule has 2 fully saturated rings. The minimum absolute atomic E-state index is 0.0981. The maximum absolute atomic E-state index is 12.3. The zero-order valence-electron chi connectivity index (χ0n) is 12.0. The average molecular weight is 284 g/mol. The minimum Gasteiger partial charge on any atom is -0.376 e. The Hall–Kier alpha value is -1.81. The van der Waals surface area contributed by atoms with Crippen molar-refractivity contribution in [3.05, 3.63) is 36.0 Å². The molecule has 4 rings (SSSR count). The van der Waals surface area contributed by atoms with Crippen LogP contribution in [0.3, 0.4) is 0 Å². The number of aromatic amines is 1. The van der Waals surface area contributed by atoms with Crippen molar-refractivity contribution >= 4 is 16.8 Å². The van der Waals surface area contributed by atoms with Gasteiger partial charge in [-0.2, -0.15) is 0 Å². The van der Waals surface area contributed by atoms with Gasteiger partial charge in [-0.05, 0) is 36.8 Å². The largest absolute Gasteiger partial charge is 0.376 e. The predicted octanol–water partition coefficient (Wildman–Crippen LogP) is 2.39. The second kappa shape index (κ2) is 5.19. The summed E-state index contributed by atoms with van der Waals surface area (Å²) in [6.45, 7) is 0.777. The highest BCUT2D eigenvalue weighted by atomic mass is 16.5. The van der Waals surface area contributed by atoms with Crippen molar-refractivity contribution < 1.29 is 9.53 Å². The first-order chi connectivity index (χ1) is 10.3. The number of nitrogens with one attached hydrogen (secondary N) is 2. The van der Waals surface area contributed by atoms with Gasteiger partial charge < -0.3 is 15.0 Å². The van der Waals surface area contributed by atoms with Crippen LogP contribution in [-0.2, 0) is 16.0 Å². The Balaban J connectivity index is 1.43. The second-order valence-corrected chi connectivity index (χ2v) is 6.17. The van der Waals surface area contributed by atoms with Crippen LogP contribution >= 0.6 is 0 Å². The number of H-pyrrole nitrogens is 1. The van der Waals surface area contributed by atoms with Gasteiger partial charge in [0.1, 0.15) is 0 Å². The number of para-hydroxylation sites is 1. The van der Waals surface area contributed by atoms with Crippen molar-refractivity contribution in [3.63, 3.8) is 0 Å². The first kappa shape index (κ1) is 12.9. The van der Waals surface area contributed by atoms with Gasteiger partial charge >= 0.3 is 0 Å². The lowest BCUT2D eigenvalue weighted by atomic mass is 10.1. The summed E-state index contributed by atoms with van der Waals surface area (Å²) < 4.78 is 5.77. The summed E-state index contributed by atoms with van der Waals surface area (Å²) in [6, 6.07) is 8.30. The fourth-order valence-corrected chi connectivity index (χ4v) is 3.36. The van der Waals surface area contributed by atoms with Gasteiger partial charge in [0.25, 0.3) is 0 Å². The summed E-state index contributed by atoms with van der Waals surface area (Å²) in [7, 11) is 0. The Morgan fingerprint density at radius 3 is 3.00 bits per heavy atom. The Bertz CT molecular complexity index is 660. The van der Waals surface area contributed by atoms with Gasteiger partial charge in [-0.3, -0.25) is 4.79 Å². The molecule has 110 valence electrons. The van der Waals surface area contributed by atoms with Gasteiger partial charge in [-0.1, -0.05) is 18.2 Å². The molecule has 2 aromatic rings. The van der Waals surface area contributed by atoms with Crippen molar-refractivity contribution in [2.24, 2.45) is 5.92 Å². The number of carbonyl (C=O) groups excluding carboxylic acids is 1. The Morgan fingerprint density at radius 1 is 1.29 bits per heavy atom. The van der Waals surface area contributed by atoms with Gasteiger partial charge in [0.15, 0.2) is 0 Å². The molecular weight excluding hydrogens is 264 g/mol. The van der Waals surface area contributed by atoms with Gasteiger partial charge in [0, 0.05) is 23.7 Å². The molecular formula is C17H20N2O2. The normalized spacial score (nSPS) is 25.3. The van der Waals surface area contributed by atoms with E-state index in [9.17, 15) is 4.79 Å². The monoisotopic (exact) mass is 284 g/mol. The summed E-state index contributed by atoms with van der Waals surface area (Å²) in [5.74, 6) is 0.770. The number of aromatic nitrogens is 1. The number of amides is 1. The number of rotatable bonds is 4. The van der Waals surface area contributed by atoms with E-state index in [2.05, 4.69) is 16.4 Å². The number of fused-ring (bicyclic) bond motifs is 1. The molecule has 0 bridgehead atoms. The first-order valence-electron chi connectivity index (χ1n) is 7.77. The van der Waals surface area contributed by atoms with Crippen molar-refractivity contribution in [1.29, 1.82) is 0 Å². The van der Waals surface area contributed by atoms with Gasteiger partial charge in [-0.15, -0.1) is 0 Å². The van der Waals surface area contributed by atoms with Crippen LogP contribution in [0.4, 0.5) is 0 Å². The summed E-state index contributed by atoms with van der Waals surface area (Å²) in [5, 5.41) is 4.31. The van der Waals surface area contributed by atoms with Crippen LogP contribution < -0.4 is 5.32 Å². The topological polar surface area (TPSA) is 54.1 Å². The number of ether oxygens (including phenoxy) is 1. The molecule has 2 heterocycles. The second-order valence-electron chi connectivity index (χ2n) is 6.17. The highest BCUT2D eigenvalue weighted by Crippen LogP contribution is 2.38. The van der Waals surface area contributed by atoms with E-state index in [1.54, 1.807) is 0 Å². The van der Waals surface area contributed by atoms with Crippen molar-refractivity contribution in [2.45, 2.75) is 37.8 Å². The minimum atomic E-state index is 0.0981. The smallest absolute Gasteiger partial charge is 0.224 e. The van der Waals surface area contributed by atoms with Crippen LogP contribution in [0.15, 0.2) is 30.5 Å². The van der Waals surface area contributed by atoms with E-state index in [1.807, 2.05) is 24.4 Å². The molecule has 21 heavy (non-hydrogen) atoms. The predicted molar refractivity (Wildman–Crippen MR) is 81.0 cm³/mol. The number of hydrogen-bond acceptors (Lipinski definition) is 2. The average Bonchev–Trinajstić information content (AvgIpc) is 3.11. The lowest BCUT2D eigenvalue weighted by Gasteiger charge is -2.19. The highest BCUT2D eigenvalue weighted by molar-refractivity contribution is 5.88. The summed E-state index contributed by atoms with van der Waals surface area (Å²) in [6.07, 6.45) is 6.06. The first-order valence-corrected chi connectivity index (χ1v) is 7.77. The Morgan fingerprint density at radius 2 is 2.14 bits per heavy atom. The van der Waals surface area contributed by atoms with Crippen molar-refractivity contribution in [1.82, 2.24) is 10.3 Å². The Kier molecular flexibility index (Phi) is 3.19. The summed E-state index contributed by atoms with van der Waals surface area (Å²) in [5.41, 5.74) is 2.14. The molecule has 0 radical (unpaired) electrons. The van der Waals surface area contributed by atoms with Gasteiger partial charge in [0.05, 0.1) is 18.6 Å². The molecule has 1 saturated heterocycles. The van der Waals surface area contributed by atoms with Crippen LogP contribution in [0.5, 0.6) is 0 Å². The lowest BCUT2D eigenvalue weighted by Crippen LogP contribution is -2.42. The number of carbonyl (C=O) groups is 1. The van der Waals surface area contributed by atoms with Crippen LogP contribution in [-0.4, -0.2) is 29.6 Å². The van der Waals surface area contributed by atoms with E-state index >= 15 is 0 Å². The van der Waals surface area contributed by atoms with E-state index in [0.717, 1.165) is 29.5 Å². The van der Waals surface area contributed by atoms with Crippen LogP contribution in [0.25, 0.3) is 10.9 Å². The van der Waals surface area contributed by atoms with E-state index in [0.29, 0.717) is 12.3 Å². The molecule has 2 unspecified atom stereocenters. The quantitative estimate of drug-likeness (QED) is 0.906. The SMILES string of the molecule is O=C(Cc1c[nH]c2ccccc12)NC1CCOC1C1CC1. The van der Waals surface area contributed by atoms with E-state index in [4.69, 9.17) is 4.74 Å². The van der Waals surface area contributed by atoms with E-state index in [-0.39, 0.29) is 18.1 Å². The molecule has 1 aromatic heterocycles. The van der Waals surface area contributed by atoms with Crippen LogP contribution in [0.1, 0.15) is 24.8 Å². The molecule has 1 aliphatic heterocycles. The maximum atomic E-state index is 12.3. The fourth-order valence-electron chi connectivity index (χ4n) is 3.36. The summed E-state index contributed by atoms with van der Waals surface area (Å²) >= 11 is 0. The molecule has 1 aliphatic carbocycles. The lowest BCUT2D eigenvalue weighted by molar-refractivity contribution is -0.121. The molecule has 4 heteroatoms. The third-order valence-electron chi connectivity index (χ3n) is 4.59. The molecule has 1 aromatic carbocycles. The van der Waals surface area contributed by atoms with Crippen LogP contribution in [0, 0.1) is 5.92 Å². The zero-order valence-corrected chi connectivity index (χ0v) is 12.0. The maximum Gasteiger partial charge on any atom is 0.224 e. The summed E-state index contributed by atoms with van der Waals surface area (Å²) in [4.78, 5) is 15.5. The van der Waals surface area contributed by atoms with E-state index in [1.165, 1.54) is 12.8 Å². The molecule has 2 aliphatic rings.